The lowest BCUT2D eigenvalue weighted by molar-refractivity contribution is 0.123. The van der Waals surface area contributed by atoms with E-state index in [1.54, 1.807) is 0 Å². The number of pyridine rings is 1. The van der Waals surface area contributed by atoms with Crippen LogP contribution in [-0.2, 0) is 11.3 Å². The molecule has 2 aromatic heterocycles. The number of carbonyl (C=O) groups excluding carboxylic acids is 1. The second kappa shape index (κ2) is 9.13. The molecule has 3 heterocycles. The highest BCUT2D eigenvalue weighted by molar-refractivity contribution is 5.91. The van der Waals surface area contributed by atoms with Gasteiger partial charge in [0.15, 0.2) is 5.65 Å². The van der Waals surface area contributed by atoms with Crippen molar-refractivity contribution in [2.24, 2.45) is 0 Å². The second-order valence-corrected chi connectivity index (χ2v) is 7.30. The van der Waals surface area contributed by atoms with E-state index in [-0.39, 0.29) is 6.03 Å². The molecule has 2 amide bonds. The van der Waals surface area contributed by atoms with E-state index in [0.29, 0.717) is 6.54 Å². The molecule has 0 aliphatic carbocycles. The Kier molecular flexibility index (Phi) is 6.13. The lowest BCUT2D eigenvalue weighted by atomic mass is 10.1. The first-order chi connectivity index (χ1) is 14.7. The molecule has 0 saturated carbocycles. The van der Waals surface area contributed by atoms with Gasteiger partial charge >= 0.3 is 6.03 Å². The van der Waals surface area contributed by atoms with E-state index >= 15 is 0 Å². The van der Waals surface area contributed by atoms with Crippen molar-refractivity contribution < 1.29 is 9.53 Å². The molecule has 3 aromatic rings. The summed E-state index contributed by atoms with van der Waals surface area (Å²) >= 11 is 0. The highest BCUT2D eigenvalue weighted by Crippen LogP contribution is 2.31. The summed E-state index contributed by atoms with van der Waals surface area (Å²) in [4.78, 5) is 23.7. The topological polar surface area (TPSA) is 84.3 Å². The maximum atomic E-state index is 11.7. The smallest absolute Gasteiger partial charge is 0.319 e. The number of nitrogens with one attached hydrogen (secondary N) is 2. The maximum absolute atomic E-state index is 11.7. The van der Waals surface area contributed by atoms with Crippen LogP contribution in [0.3, 0.4) is 0 Å². The van der Waals surface area contributed by atoms with E-state index in [4.69, 9.17) is 9.72 Å². The Morgan fingerprint density at radius 1 is 1.17 bits per heavy atom. The van der Waals surface area contributed by atoms with Gasteiger partial charge in [-0.15, -0.1) is 0 Å². The van der Waals surface area contributed by atoms with Gasteiger partial charge in [-0.1, -0.05) is 19.1 Å². The quantitative estimate of drug-likeness (QED) is 0.652. The molecule has 1 fully saturated rings. The van der Waals surface area contributed by atoms with Gasteiger partial charge in [0, 0.05) is 37.4 Å². The molecule has 1 saturated heterocycles. The third kappa shape index (κ3) is 4.23. The molecular weight excluding hydrogens is 380 g/mol. The standard InChI is InChI=1S/C22H28N6O2/c1-3-9-28-15-24-20-19(27-10-12-30-13-11-27)14-18(26-21(20)28)16-5-7-17(8-6-16)25-22(29)23-4-2/h5-8,14-15H,3-4,9-13H2,1-2H3,(H2,23,25,29). The molecule has 0 atom stereocenters. The van der Waals surface area contributed by atoms with Crippen molar-refractivity contribution in [3.8, 4) is 11.3 Å². The second-order valence-electron chi connectivity index (χ2n) is 7.30. The van der Waals surface area contributed by atoms with Gasteiger partial charge in [0.2, 0.25) is 0 Å². The molecule has 1 aromatic carbocycles. The molecular formula is C22H28N6O2. The molecule has 4 rings (SSSR count). The minimum atomic E-state index is -0.206. The highest BCUT2D eigenvalue weighted by atomic mass is 16.5. The fourth-order valence-corrected chi connectivity index (χ4v) is 3.68. The summed E-state index contributed by atoms with van der Waals surface area (Å²) in [5, 5.41) is 5.56. The van der Waals surface area contributed by atoms with Crippen LogP contribution in [0.1, 0.15) is 20.3 Å². The minimum absolute atomic E-state index is 0.206. The Labute approximate surface area is 176 Å². The van der Waals surface area contributed by atoms with E-state index in [1.807, 2.05) is 37.5 Å². The summed E-state index contributed by atoms with van der Waals surface area (Å²) in [6.45, 7) is 8.63. The molecule has 158 valence electrons. The van der Waals surface area contributed by atoms with Crippen molar-refractivity contribution in [2.75, 3.05) is 43.1 Å². The van der Waals surface area contributed by atoms with Crippen LogP contribution in [0, 0.1) is 0 Å². The number of rotatable bonds is 6. The number of anilines is 2. The molecule has 0 unspecified atom stereocenters. The molecule has 1 aliphatic heterocycles. The predicted molar refractivity (Wildman–Crippen MR) is 119 cm³/mol. The zero-order valence-electron chi connectivity index (χ0n) is 17.5. The van der Waals surface area contributed by atoms with E-state index < -0.39 is 0 Å². The van der Waals surface area contributed by atoms with Gasteiger partial charge in [-0.05, 0) is 31.5 Å². The molecule has 2 N–H and O–H groups in total. The van der Waals surface area contributed by atoms with Crippen LogP contribution in [0.2, 0.25) is 0 Å². The molecule has 0 spiro atoms. The van der Waals surface area contributed by atoms with Crippen molar-refractivity contribution in [2.45, 2.75) is 26.8 Å². The van der Waals surface area contributed by atoms with Crippen molar-refractivity contribution >= 4 is 28.6 Å². The molecule has 0 radical (unpaired) electrons. The fourth-order valence-electron chi connectivity index (χ4n) is 3.68. The summed E-state index contributed by atoms with van der Waals surface area (Å²) in [5.74, 6) is 0. The summed E-state index contributed by atoms with van der Waals surface area (Å²) in [6, 6.07) is 9.67. The number of fused-ring (bicyclic) bond motifs is 1. The van der Waals surface area contributed by atoms with Gasteiger partial charge in [0.05, 0.1) is 30.9 Å². The number of morpholine rings is 1. The largest absolute Gasteiger partial charge is 0.378 e. The van der Waals surface area contributed by atoms with Gasteiger partial charge in [-0.3, -0.25) is 0 Å². The highest BCUT2D eigenvalue weighted by Gasteiger charge is 2.19. The van der Waals surface area contributed by atoms with Crippen molar-refractivity contribution in [1.82, 2.24) is 19.9 Å². The lowest BCUT2D eigenvalue weighted by Gasteiger charge is -2.29. The number of ether oxygens (including phenoxy) is 1. The van der Waals surface area contributed by atoms with Crippen LogP contribution < -0.4 is 15.5 Å². The number of benzene rings is 1. The first-order valence-electron chi connectivity index (χ1n) is 10.5. The van der Waals surface area contributed by atoms with Crippen molar-refractivity contribution in [3.63, 3.8) is 0 Å². The zero-order valence-corrected chi connectivity index (χ0v) is 17.5. The number of nitrogens with zero attached hydrogens (tertiary/aromatic N) is 4. The summed E-state index contributed by atoms with van der Waals surface area (Å²) < 4.78 is 7.65. The number of imidazole rings is 1. The van der Waals surface area contributed by atoms with E-state index in [9.17, 15) is 4.79 Å². The molecule has 8 nitrogen and oxygen atoms in total. The van der Waals surface area contributed by atoms with Crippen LogP contribution in [0.15, 0.2) is 36.7 Å². The maximum Gasteiger partial charge on any atom is 0.319 e. The third-order valence-corrected chi connectivity index (χ3v) is 5.14. The average molecular weight is 409 g/mol. The van der Waals surface area contributed by atoms with Crippen LogP contribution in [0.4, 0.5) is 16.2 Å². The Hall–Kier alpha value is -3.13. The van der Waals surface area contributed by atoms with Gasteiger partial charge in [0.1, 0.15) is 5.52 Å². The van der Waals surface area contributed by atoms with Crippen LogP contribution >= 0.6 is 0 Å². The summed E-state index contributed by atoms with van der Waals surface area (Å²) in [6.07, 6.45) is 2.90. The average Bonchev–Trinajstić information content (AvgIpc) is 3.17. The summed E-state index contributed by atoms with van der Waals surface area (Å²) in [5.41, 5.74) is 5.57. The predicted octanol–water partition coefficient (Wildman–Crippen LogP) is 3.49. The van der Waals surface area contributed by atoms with Gasteiger partial charge < -0.3 is 24.8 Å². The lowest BCUT2D eigenvalue weighted by Crippen LogP contribution is -2.36. The number of amides is 2. The molecule has 8 heteroatoms. The number of aryl methyl sites for hydroxylation is 1. The van der Waals surface area contributed by atoms with Crippen LogP contribution in [-0.4, -0.2) is 53.4 Å². The van der Waals surface area contributed by atoms with Crippen molar-refractivity contribution in [1.29, 1.82) is 0 Å². The fraction of sp³-hybridized carbons (Fsp3) is 0.409. The number of aromatic nitrogens is 3. The number of hydrogen-bond donors (Lipinski definition) is 2. The Morgan fingerprint density at radius 2 is 1.93 bits per heavy atom. The van der Waals surface area contributed by atoms with Crippen molar-refractivity contribution in [3.05, 3.63) is 36.7 Å². The monoisotopic (exact) mass is 408 g/mol. The van der Waals surface area contributed by atoms with Gasteiger partial charge in [0.25, 0.3) is 0 Å². The number of hydrogen-bond acceptors (Lipinski definition) is 5. The molecule has 1 aliphatic rings. The van der Waals surface area contributed by atoms with E-state index in [2.05, 4.69) is 38.1 Å². The summed E-state index contributed by atoms with van der Waals surface area (Å²) in [7, 11) is 0. The number of urea groups is 1. The zero-order chi connectivity index (χ0) is 20.9. The Morgan fingerprint density at radius 3 is 2.63 bits per heavy atom. The van der Waals surface area contributed by atoms with Crippen LogP contribution in [0.25, 0.3) is 22.4 Å². The first-order valence-corrected chi connectivity index (χ1v) is 10.5. The Bertz CT molecular complexity index is 1010. The normalized spacial score (nSPS) is 14.1. The minimum Gasteiger partial charge on any atom is -0.378 e. The van der Waals surface area contributed by atoms with E-state index in [1.165, 1.54) is 0 Å². The molecule has 0 bridgehead atoms. The first kappa shape index (κ1) is 20.2. The van der Waals surface area contributed by atoms with Gasteiger partial charge in [-0.2, -0.15) is 0 Å². The van der Waals surface area contributed by atoms with Gasteiger partial charge in [-0.25, -0.2) is 14.8 Å². The van der Waals surface area contributed by atoms with E-state index in [0.717, 1.165) is 73.1 Å². The third-order valence-electron chi connectivity index (χ3n) is 5.14. The number of carbonyl (C=O) groups is 1. The molecule has 30 heavy (non-hydrogen) atoms. The Balaban J connectivity index is 1.70. The van der Waals surface area contributed by atoms with Crippen LogP contribution in [0.5, 0.6) is 0 Å². The SMILES string of the molecule is CCCn1cnc2c(N3CCOCC3)cc(-c3ccc(NC(=O)NCC)cc3)nc21.